The number of hydrogen-bond donors (Lipinski definition) is 1. The number of aryl methyl sites for hydroxylation is 1. The van der Waals surface area contributed by atoms with E-state index in [-0.39, 0.29) is 19.1 Å². The molecule has 3 rings (SSSR count). The highest BCUT2D eigenvalue weighted by molar-refractivity contribution is 7.17. The van der Waals surface area contributed by atoms with Crippen molar-refractivity contribution in [3.8, 4) is 16.3 Å². The molecule has 2 aromatic carbocycles. The molecule has 0 fully saturated rings. The maximum Gasteiger partial charge on any atom is 0.416 e. The van der Waals surface area contributed by atoms with Crippen molar-refractivity contribution < 1.29 is 32.2 Å². The highest BCUT2D eigenvalue weighted by Crippen LogP contribution is 2.33. The van der Waals surface area contributed by atoms with Crippen molar-refractivity contribution >= 4 is 23.2 Å². The van der Waals surface area contributed by atoms with Gasteiger partial charge in [0.05, 0.1) is 17.9 Å². The van der Waals surface area contributed by atoms with E-state index in [1.165, 1.54) is 12.1 Å². The number of carbonyl (C=O) groups excluding carboxylic acids is 2. The second-order valence-corrected chi connectivity index (χ2v) is 9.17. The molecule has 0 unspecified atom stereocenters. The van der Waals surface area contributed by atoms with E-state index in [1.807, 2.05) is 0 Å². The van der Waals surface area contributed by atoms with Crippen LogP contribution in [0.1, 0.15) is 47.3 Å². The number of hydrogen-bond acceptors (Lipinski definition) is 6. The van der Waals surface area contributed by atoms with Crippen LogP contribution in [0.3, 0.4) is 0 Å². The summed E-state index contributed by atoms with van der Waals surface area (Å²) in [7, 11) is 0. The maximum atomic E-state index is 12.8. The molecule has 186 valence electrons. The van der Waals surface area contributed by atoms with Crippen molar-refractivity contribution in [1.82, 2.24) is 10.3 Å². The van der Waals surface area contributed by atoms with Gasteiger partial charge in [0.15, 0.2) is 5.60 Å². The van der Waals surface area contributed by atoms with E-state index in [2.05, 4.69) is 10.3 Å². The van der Waals surface area contributed by atoms with Gasteiger partial charge in [0.1, 0.15) is 15.6 Å². The first-order valence-corrected chi connectivity index (χ1v) is 11.6. The van der Waals surface area contributed by atoms with Crippen molar-refractivity contribution in [2.24, 2.45) is 0 Å². The van der Waals surface area contributed by atoms with E-state index in [0.717, 1.165) is 29.0 Å². The molecule has 0 aliphatic heterocycles. The molecule has 0 saturated heterocycles. The van der Waals surface area contributed by atoms with E-state index in [4.69, 9.17) is 9.47 Å². The summed E-state index contributed by atoms with van der Waals surface area (Å²) in [6, 6.07) is 11.6. The molecule has 0 saturated carbocycles. The first kappa shape index (κ1) is 26.2. The Labute approximate surface area is 205 Å². The molecule has 10 heteroatoms. The minimum absolute atomic E-state index is 0.243. The number of aromatic nitrogens is 1. The molecule has 1 heterocycles. The molecule has 0 spiro atoms. The molecule has 0 aliphatic carbocycles. The quantitative estimate of drug-likeness (QED) is 0.392. The lowest BCUT2D eigenvalue weighted by molar-refractivity contribution is -0.158. The number of amides is 1. The molecule has 1 N–H and O–H groups in total. The van der Waals surface area contributed by atoms with Crippen LogP contribution in [-0.4, -0.2) is 29.1 Å². The fraction of sp³-hybridized carbons (Fsp3) is 0.320. The molecule has 0 radical (unpaired) electrons. The minimum Gasteiger partial charge on any atom is -0.476 e. The third-order valence-electron chi connectivity index (χ3n) is 4.98. The van der Waals surface area contributed by atoms with Gasteiger partial charge in [-0.1, -0.05) is 24.3 Å². The Bertz CT molecular complexity index is 1190. The van der Waals surface area contributed by atoms with Crippen LogP contribution in [0.4, 0.5) is 13.2 Å². The number of ether oxygens (including phenoxy) is 2. The number of nitrogens with zero attached hydrogens (tertiary/aromatic N) is 1. The zero-order valence-electron chi connectivity index (χ0n) is 19.7. The SMILES string of the molecule is CCOC(=O)C(C)(C)Oc1ccc(CNC(=O)c2sc(-c3ccc(C(F)(F)F)cc3)nc2C)cc1. The summed E-state index contributed by atoms with van der Waals surface area (Å²) in [5.74, 6) is -0.313. The average molecular weight is 507 g/mol. The van der Waals surface area contributed by atoms with Gasteiger partial charge < -0.3 is 14.8 Å². The molecule has 1 aromatic heterocycles. The zero-order chi connectivity index (χ0) is 25.8. The normalized spacial score (nSPS) is 11.7. The summed E-state index contributed by atoms with van der Waals surface area (Å²) in [5, 5.41) is 3.29. The maximum absolute atomic E-state index is 12.8. The minimum atomic E-state index is -4.41. The van der Waals surface area contributed by atoms with Gasteiger partial charge in [-0.15, -0.1) is 11.3 Å². The monoisotopic (exact) mass is 506 g/mol. The van der Waals surface area contributed by atoms with Gasteiger partial charge in [-0.3, -0.25) is 4.79 Å². The highest BCUT2D eigenvalue weighted by atomic mass is 32.1. The summed E-state index contributed by atoms with van der Waals surface area (Å²) in [5.41, 5.74) is -0.0720. The fourth-order valence-electron chi connectivity index (χ4n) is 3.11. The fourth-order valence-corrected chi connectivity index (χ4v) is 4.10. The van der Waals surface area contributed by atoms with Crippen molar-refractivity contribution in [3.05, 3.63) is 70.2 Å². The number of thiazole rings is 1. The summed E-state index contributed by atoms with van der Waals surface area (Å²) >= 11 is 1.12. The third kappa shape index (κ3) is 6.60. The predicted molar refractivity (Wildman–Crippen MR) is 126 cm³/mol. The Kier molecular flexibility index (Phi) is 7.84. The number of benzene rings is 2. The number of carbonyl (C=O) groups is 2. The van der Waals surface area contributed by atoms with Crippen LogP contribution in [0.25, 0.3) is 10.6 Å². The molecule has 6 nitrogen and oxygen atoms in total. The van der Waals surface area contributed by atoms with Gasteiger partial charge in [-0.2, -0.15) is 13.2 Å². The van der Waals surface area contributed by atoms with E-state index in [1.54, 1.807) is 52.0 Å². The van der Waals surface area contributed by atoms with Gasteiger partial charge in [0.25, 0.3) is 5.91 Å². The number of nitrogens with one attached hydrogen (secondary N) is 1. The second-order valence-electron chi connectivity index (χ2n) is 8.17. The summed E-state index contributed by atoms with van der Waals surface area (Å²) in [6.07, 6.45) is -4.41. The van der Waals surface area contributed by atoms with Crippen LogP contribution < -0.4 is 10.1 Å². The molecule has 0 aliphatic rings. The first-order chi connectivity index (χ1) is 16.4. The van der Waals surface area contributed by atoms with Gasteiger partial charge in [0, 0.05) is 12.1 Å². The molecule has 1 amide bonds. The van der Waals surface area contributed by atoms with E-state index >= 15 is 0 Å². The summed E-state index contributed by atoms with van der Waals surface area (Å²) in [6.45, 7) is 7.14. The third-order valence-corrected chi connectivity index (χ3v) is 6.18. The van der Waals surface area contributed by atoms with Crippen molar-refractivity contribution in [2.45, 2.75) is 46.0 Å². The highest BCUT2D eigenvalue weighted by Gasteiger charge is 2.32. The van der Waals surface area contributed by atoms with E-state index in [9.17, 15) is 22.8 Å². The van der Waals surface area contributed by atoms with Gasteiger partial charge in [0.2, 0.25) is 0 Å². The van der Waals surface area contributed by atoms with Crippen molar-refractivity contribution in [3.63, 3.8) is 0 Å². The Morgan fingerprint density at radius 1 is 1.03 bits per heavy atom. The summed E-state index contributed by atoms with van der Waals surface area (Å²) < 4.78 is 49.1. The number of esters is 1. The van der Waals surface area contributed by atoms with Crippen molar-refractivity contribution in [2.75, 3.05) is 6.61 Å². The summed E-state index contributed by atoms with van der Waals surface area (Å²) in [4.78, 5) is 29.4. The van der Waals surface area contributed by atoms with Gasteiger partial charge >= 0.3 is 12.1 Å². The zero-order valence-corrected chi connectivity index (χ0v) is 20.5. The van der Waals surface area contributed by atoms with Crippen LogP contribution >= 0.6 is 11.3 Å². The van der Waals surface area contributed by atoms with Crippen LogP contribution in [-0.2, 0) is 22.3 Å². The van der Waals surface area contributed by atoms with Crippen molar-refractivity contribution in [1.29, 1.82) is 0 Å². The Balaban J connectivity index is 1.62. The molecule has 3 aromatic rings. The molecular weight excluding hydrogens is 481 g/mol. The molecule has 0 bridgehead atoms. The van der Waals surface area contributed by atoms with Gasteiger partial charge in [-0.25, -0.2) is 9.78 Å². The standard InChI is InChI=1S/C25H25F3N2O4S/c1-5-33-23(32)24(3,4)34-19-12-6-16(7-13-19)14-29-21(31)20-15(2)30-22(35-20)17-8-10-18(11-9-17)25(26,27)28/h6-13H,5,14H2,1-4H3,(H,29,31). The predicted octanol–water partition coefficient (Wildman–Crippen LogP) is 5.79. The Morgan fingerprint density at radius 2 is 1.66 bits per heavy atom. The van der Waals surface area contributed by atoms with Crippen LogP contribution in [0.2, 0.25) is 0 Å². The van der Waals surface area contributed by atoms with Crippen LogP contribution in [0.5, 0.6) is 5.75 Å². The Morgan fingerprint density at radius 3 is 2.23 bits per heavy atom. The number of rotatable bonds is 8. The second kappa shape index (κ2) is 10.5. The van der Waals surface area contributed by atoms with Crippen LogP contribution in [0, 0.1) is 6.92 Å². The first-order valence-electron chi connectivity index (χ1n) is 10.8. The lowest BCUT2D eigenvalue weighted by atomic mass is 10.1. The topological polar surface area (TPSA) is 77.5 Å². The molecule has 0 atom stereocenters. The largest absolute Gasteiger partial charge is 0.476 e. The smallest absolute Gasteiger partial charge is 0.416 e. The number of halogens is 3. The lowest BCUT2D eigenvalue weighted by Crippen LogP contribution is -2.39. The number of alkyl halides is 3. The van der Waals surface area contributed by atoms with Crippen LogP contribution in [0.15, 0.2) is 48.5 Å². The molecular formula is C25H25F3N2O4S. The van der Waals surface area contributed by atoms with Gasteiger partial charge in [-0.05, 0) is 57.5 Å². The lowest BCUT2D eigenvalue weighted by Gasteiger charge is -2.24. The van der Waals surface area contributed by atoms with E-state index < -0.39 is 23.3 Å². The molecule has 35 heavy (non-hydrogen) atoms. The average Bonchev–Trinajstić information content (AvgIpc) is 3.19. The Hall–Kier alpha value is -3.40. The van der Waals surface area contributed by atoms with E-state index in [0.29, 0.717) is 26.9 Å².